The molecular weight excluding hydrogens is 180 g/mol. The zero-order valence-electron chi connectivity index (χ0n) is 7.89. The molecule has 76 valence electrons. The summed E-state index contributed by atoms with van der Waals surface area (Å²) in [5.74, 6) is 2.39. The zero-order valence-corrected chi connectivity index (χ0v) is 7.89. The third-order valence-corrected chi connectivity index (χ3v) is 3.72. The van der Waals surface area contributed by atoms with Gasteiger partial charge in [-0.15, -0.1) is 0 Å². The highest BCUT2D eigenvalue weighted by Gasteiger charge is 2.48. The van der Waals surface area contributed by atoms with Crippen LogP contribution >= 0.6 is 0 Å². The van der Waals surface area contributed by atoms with Crippen LogP contribution in [-0.2, 0) is 0 Å². The number of fused-ring (bicyclic) bond motifs is 2. The smallest absolute Gasteiger partial charge is 0.260 e. The van der Waals surface area contributed by atoms with Crippen molar-refractivity contribution in [2.75, 3.05) is 5.73 Å². The molecule has 0 amide bonds. The molecule has 0 saturated heterocycles. The van der Waals surface area contributed by atoms with Crippen molar-refractivity contribution in [3.8, 4) is 0 Å². The van der Waals surface area contributed by atoms with Crippen LogP contribution in [0.15, 0.2) is 4.52 Å². The maximum Gasteiger partial charge on any atom is 0.260 e. The molecule has 14 heavy (non-hydrogen) atoms. The Bertz CT molecular complexity index is 348. The third-order valence-electron chi connectivity index (χ3n) is 3.72. The highest BCUT2D eigenvalue weighted by atomic mass is 16.5. The highest BCUT2D eigenvalue weighted by Crippen LogP contribution is 2.51. The fourth-order valence-electron chi connectivity index (χ4n) is 3.08. The van der Waals surface area contributed by atoms with Gasteiger partial charge in [0, 0.05) is 6.04 Å². The predicted molar refractivity (Wildman–Crippen MR) is 50.3 cm³/mol. The van der Waals surface area contributed by atoms with Crippen molar-refractivity contribution < 1.29 is 4.52 Å². The van der Waals surface area contributed by atoms with E-state index < -0.39 is 0 Å². The first-order chi connectivity index (χ1) is 6.75. The minimum absolute atomic E-state index is 0.189. The molecule has 3 rings (SSSR count). The topological polar surface area (TPSA) is 91.0 Å². The van der Waals surface area contributed by atoms with Crippen molar-refractivity contribution in [2.24, 2.45) is 17.6 Å². The summed E-state index contributed by atoms with van der Waals surface area (Å²) < 4.78 is 5.11. The number of aromatic nitrogens is 2. The van der Waals surface area contributed by atoms with Gasteiger partial charge in [-0.05, 0) is 36.3 Å². The summed E-state index contributed by atoms with van der Waals surface area (Å²) in [6.45, 7) is 0. The van der Waals surface area contributed by atoms with Gasteiger partial charge < -0.3 is 16.0 Å². The molecule has 4 atom stereocenters. The first kappa shape index (κ1) is 8.23. The Morgan fingerprint density at radius 1 is 1.29 bits per heavy atom. The van der Waals surface area contributed by atoms with Crippen LogP contribution in [0.2, 0.25) is 0 Å². The second-order valence-corrected chi connectivity index (χ2v) is 4.43. The van der Waals surface area contributed by atoms with Crippen LogP contribution in [0.4, 0.5) is 5.95 Å². The normalized spacial score (nSPS) is 40.6. The van der Waals surface area contributed by atoms with E-state index in [9.17, 15) is 0 Å². The van der Waals surface area contributed by atoms with Crippen molar-refractivity contribution >= 4 is 5.95 Å². The molecule has 0 spiro atoms. The average molecular weight is 194 g/mol. The molecule has 2 fully saturated rings. The summed E-state index contributed by atoms with van der Waals surface area (Å²) in [5, 5.41) is 3.62. The largest absolute Gasteiger partial charge is 0.365 e. The molecular formula is C9H14N4O. The van der Waals surface area contributed by atoms with E-state index in [4.69, 9.17) is 16.0 Å². The van der Waals surface area contributed by atoms with Crippen LogP contribution in [0.3, 0.4) is 0 Å². The van der Waals surface area contributed by atoms with Crippen molar-refractivity contribution in [2.45, 2.75) is 31.2 Å². The van der Waals surface area contributed by atoms with E-state index in [1.807, 2.05) is 0 Å². The Hall–Kier alpha value is -1.10. The SMILES string of the molecule is Nc1noc(C2C3CCC(C3)C2N)n1. The molecule has 0 aromatic carbocycles. The Morgan fingerprint density at radius 3 is 2.64 bits per heavy atom. The van der Waals surface area contributed by atoms with Crippen LogP contribution < -0.4 is 11.5 Å². The van der Waals surface area contributed by atoms with Crippen LogP contribution in [0.25, 0.3) is 0 Å². The zero-order chi connectivity index (χ0) is 9.71. The number of hydrogen-bond donors (Lipinski definition) is 2. The molecule has 1 heterocycles. The number of nitrogen functional groups attached to an aromatic ring is 1. The molecule has 2 saturated carbocycles. The summed E-state index contributed by atoms with van der Waals surface area (Å²) in [4.78, 5) is 4.08. The number of nitrogens with two attached hydrogens (primary N) is 2. The molecule has 1 aromatic heterocycles. The molecule has 5 heteroatoms. The first-order valence-electron chi connectivity index (χ1n) is 5.10. The van der Waals surface area contributed by atoms with Gasteiger partial charge in [-0.2, -0.15) is 4.98 Å². The average Bonchev–Trinajstić information content (AvgIpc) is 2.80. The summed E-state index contributed by atoms with van der Waals surface area (Å²) in [7, 11) is 0. The second-order valence-electron chi connectivity index (χ2n) is 4.43. The molecule has 2 aliphatic carbocycles. The number of hydrogen-bond acceptors (Lipinski definition) is 5. The fraction of sp³-hybridized carbons (Fsp3) is 0.778. The monoisotopic (exact) mass is 194 g/mol. The van der Waals surface area contributed by atoms with Crippen LogP contribution in [-0.4, -0.2) is 16.2 Å². The standard InChI is InChI=1S/C9H14N4O/c10-7-5-2-1-4(3-5)6(7)8-12-9(11)13-14-8/h4-7H,1-3,10H2,(H2,11,13). The summed E-state index contributed by atoms with van der Waals surface area (Å²) in [6.07, 6.45) is 3.71. The summed E-state index contributed by atoms with van der Waals surface area (Å²) >= 11 is 0. The predicted octanol–water partition coefficient (Wildman–Crippen LogP) is 0.493. The van der Waals surface area contributed by atoms with E-state index in [2.05, 4.69) is 10.1 Å². The van der Waals surface area contributed by atoms with E-state index >= 15 is 0 Å². The van der Waals surface area contributed by atoms with Crippen molar-refractivity contribution in [1.82, 2.24) is 10.1 Å². The lowest BCUT2D eigenvalue weighted by atomic mass is 9.85. The fourth-order valence-corrected chi connectivity index (χ4v) is 3.08. The van der Waals surface area contributed by atoms with Gasteiger partial charge in [-0.1, -0.05) is 0 Å². The molecule has 2 aliphatic rings. The minimum atomic E-state index is 0.189. The maximum atomic E-state index is 6.14. The van der Waals surface area contributed by atoms with Crippen molar-refractivity contribution in [3.63, 3.8) is 0 Å². The third kappa shape index (κ3) is 0.987. The van der Waals surface area contributed by atoms with Gasteiger partial charge in [0.1, 0.15) is 0 Å². The highest BCUT2D eigenvalue weighted by molar-refractivity contribution is 5.17. The summed E-state index contributed by atoms with van der Waals surface area (Å²) in [5.41, 5.74) is 11.6. The van der Waals surface area contributed by atoms with Gasteiger partial charge in [0.15, 0.2) is 0 Å². The Balaban J connectivity index is 1.92. The molecule has 2 bridgehead atoms. The van der Waals surface area contributed by atoms with E-state index in [1.54, 1.807) is 0 Å². The van der Waals surface area contributed by atoms with Gasteiger partial charge in [0.25, 0.3) is 5.95 Å². The quantitative estimate of drug-likeness (QED) is 0.679. The second kappa shape index (κ2) is 2.70. The lowest BCUT2D eigenvalue weighted by Crippen LogP contribution is -2.34. The van der Waals surface area contributed by atoms with Crippen molar-refractivity contribution in [1.29, 1.82) is 0 Å². The van der Waals surface area contributed by atoms with Gasteiger partial charge >= 0.3 is 0 Å². The lowest BCUT2D eigenvalue weighted by Gasteiger charge is -2.24. The number of anilines is 1. The van der Waals surface area contributed by atoms with Crippen LogP contribution in [0.1, 0.15) is 31.1 Å². The number of rotatable bonds is 1. The summed E-state index contributed by atoms with van der Waals surface area (Å²) in [6, 6.07) is 0.189. The lowest BCUT2D eigenvalue weighted by molar-refractivity contribution is 0.279. The maximum absolute atomic E-state index is 6.14. The van der Waals surface area contributed by atoms with Gasteiger partial charge in [-0.25, -0.2) is 0 Å². The van der Waals surface area contributed by atoms with Crippen molar-refractivity contribution in [3.05, 3.63) is 5.89 Å². The minimum Gasteiger partial charge on any atom is -0.365 e. The van der Waals surface area contributed by atoms with E-state index in [0.29, 0.717) is 17.7 Å². The Morgan fingerprint density at radius 2 is 2.07 bits per heavy atom. The van der Waals surface area contributed by atoms with Gasteiger partial charge in [0.05, 0.1) is 5.92 Å². The first-order valence-corrected chi connectivity index (χ1v) is 5.10. The number of nitrogens with zero attached hydrogens (tertiary/aromatic N) is 2. The van der Waals surface area contributed by atoms with E-state index in [-0.39, 0.29) is 17.9 Å². The molecule has 1 aromatic rings. The van der Waals surface area contributed by atoms with Gasteiger partial charge in [-0.3, -0.25) is 0 Å². The van der Waals surface area contributed by atoms with E-state index in [0.717, 1.165) is 0 Å². The van der Waals surface area contributed by atoms with Crippen LogP contribution in [0, 0.1) is 11.8 Å². The van der Waals surface area contributed by atoms with Gasteiger partial charge in [0.2, 0.25) is 5.89 Å². The molecule has 5 nitrogen and oxygen atoms in total. The Kier molecular flexibility index (Phi) is 1.58. The molecule has 4 N–H and O–H groups in total. The van der Waals surface area contributed by atoms with Crippen LogP contribution in [0.5, 0.6) is 0 Å². The molecule has 0 aliphatic heterocycles. The molecule has 0 radical (unpaired) electrons. The molecule has 4 unspecified atom stereocenters. The van der Waals surface area contributed by atoms with E-state index in [1.165, 1.54) is 19.3 Å². The Labute approximate surface area is 81.8 Å².